The van der Waals surface area contributed by atoms with E-state index in [-0.39, 0.29) is 11.7 Å². The lowest BCUT2D eigenvalue weighted by Crippen LogP contribution is -2.09. The van der Waals surface area contributed by atoms with Crippen LogP contribution in [0.2, 0.25) is 0 Å². The Hall–Kier alpha value is -1.12. The van der Waals surface area contributed by atoms with Gasteiger partial charge in [0.05, 0.1) is 0 Å². The Bertz CT molecular complexity index is 197. The fourth-order valence-electron chi connectivity index (χ4n) is 0.539. The molecule has 0 saturated carbocycles. The van der Waals surface area contributed by atoms with Crippen LogP contribution in [0.5, 0.6) is 0 Å². The maximum absolute atomic E-state index is 10.3. The molecule has 0 atom stereocenters. The minimum atomic E-state index is -0.0556. The van der Waals surface area contributed by atoms with Gasteiger partial charge in [-0.1, -0.05) is 0 Å². The highest BCUT2D eigenvalue weighted by molar-refractivity contribution is 6.09. The molecule has 0 spiro atoms. The van der Waals surface area contributed by atoms with E-state index < -0.39 is 0 Å². The molecule has 0 aromatic carbocycles. The van der Waals surface area contributed by atoms with Crippen molar-refractivity contribution in [2.24, 2.45) is 0 Å². The lowest BCUT2D eigenvalue weighted by atomic mass is 10.2. The van der Waals surface area contributed by atoms with Crippen LogP contribution in [-0.2, 0) is 0 Å². The fraction of sp³-hybridized carbons (Fsp3) is 0. The average molecular weight is 95.1 g/mol. The third kappa shape index (κ3) is 0.161. The molecule has 2 aliphatic rings. The quantitative estimate of drug-likeness (QED) is 0.470. The number of rotatable bonds is 0. The SMILES string of the molecule is O=C1c2coc1n2. The summed E-state index contributed by atoms with van der Waals surface area (Å²) in [5, 5.41) is 0. The van der Waals surface area contributed by atoms with Gasteiger partial charge in [-0.15, -0.1) is 0 Å². The van der Waals surface area contributed by atoms with Gasteiger partial charge >= 0.3 is 0 Å². The molecule has 3 nitrogen and oxygen atoms in total. The summed E-state index contributed by atoms with van der Waals surface area (Å²) < 4.78 is 4.58. The summed E-state index contributed by atoms with van der Waals surface area (Å²) in [5.74, 6) is 0.190. The lowest BCUT2D eigenvalue weighted by Gasteiger charge is -1.91. The molecule has 1 aromatic heterocycles. The van der Waals surface area contributed by atoms with E-state index in [4.69, 9.17) is 0 Å². The highest BCUT2D eigenvalue weighted by atomic mass is 16.4. The van der Waals surface area contributed by atoms with E-state index in [1.807, 2.05) is 0 Å². The average Bonchev–Trinajstić information content (AvgIpc) is 2.18. The van der Waals surface area contributed by atoms with Gasteiger partial charge in [-0.25, -0.2) is 4.98 Å². The van der Waals surface area contributed by atoms with Crippen molar-refractivity contribution in [2.75, 3.05) is 0 Å². The van der Waals surface area contributed by atoms with Crippen LogP contribution in [0.3, 0.4) is 0 Å². The van der Waals surface area contributed by atoms with Crippen molar-refractivity contribution < 1.29 is 9.21 Å². The van der Waals surface area contributed by atoms with E-state index in [9.17, 15) is 4.79 Å². The van der Waals surface area contributed by atoms with Crippen molar-refractivity contribution in [3.8, 4) is 0 Å². The van der Waals surface area contributed by atoms with E-state index in [0.717, 1.165) is 0 Å². The van der Waals surface area contributed by atoms with Gasteiger partial charge in [-0.3, -0.25) is 4.79 Å². The van der Waals surface area contributed by atoms with Crippen LogP contribution in [0.25, 0.3) is 0 Å². The summed E-state index contributed by atoms with van der Waals surface area (Å²) >= 11 is 0. The summed E-state index contributed by atoms with van der Waals surface area (Å²) in [5.41, 5.74) is 0.454. The van der Waals surface area contributed by atoms with Crippen molar-refractivity contribution in [2.45, 2.75) is 0 Å². The Morgan fingerprint density at radius 2 is 2.57 bits per heavy atom. The first-order valence-corrected chi connectivity index (χ1v) is 1.88. The zero-order chi connectivity index (χ0) is 4.85. The largest absolute Gasteiger partial charge is 0.441 e. The van der Waals surface area contributed by atoms with Crippen LogP contribution >= 0.6 is 0 Å². The molecule has 0 aliphatic carbocycles. The number of carbonyl (C=O) groups excluding carboxylic acids is 1. The molecule has 0 radical (unpaired) electrons. The standard InChI is InChI=1S/C4HNO2/c6-3-2-1-7-4(3)5-2/h1H. The summed E-state index contributed by atoms with van der Waals surface area (Å²) in [6.45, 7) is 0. The highest BCUT2D eigenvalue weighted by Gasteiger charge is 2.28. The van der Waals surface area contributed by atoms with E-state index in [2.05, 4.69) is 9.40 Å². The molecule has 2 bridgehead atoms. The molecule has 34 valence electrons. The molecule has 0 saturated heterocycles. The van der Waals surface area contributed by atoms with Gasteiger partial charge in [0.1, 0.15) is 6.26 Å². The number of fused-ring (bicyclic) bond motifs is 1. The van der Waals surface area contributed by atoms with Crippen LogP contribution in [-0.4, -0.2) is 10.8 Å². The van der Waals surface area contributed by atoms with Crippen molar-refractivity contribution in [1.82, 2.24) is 4.98 Å². The summed E-state index contributed by atoms with van der Waals surface area (Å²) in [7, 11) is 0. The highest BCUT2D eigenvalue weighted by Crippen LogP contribution is 2.16. The first-order chi connectivity index (χ1) is 3.38. The maximum Gasteiger partial charge on any atom is 0.270 e. The van der Waals surface area contributed by atoms with Gasteiger partial charge < -0.3 is 4.42 Å². The zero-order valence-corrected chi connectivity index (χ0v) is 3.34. The lowest BCUT2D eigenvalue weighted by molar-refractivity contribution is 0.0989. The maximum atomic E-state index is 10.3. The van der Waals surface area contributed by atoms with Crippen molar-refractivity contribution in [1.29, 1.82) is 0 Å². The minimum Gasteiger partial charge on any atom is -0.441 e. The molecule has 3 heterocycles. The Balaban J connectivity index is 2.91. The molecule has 2 aliphatic heterocycles. The van der Waals surface area contributed by atoms with Gasteiger partial charge in [-0.05, 0) is 0 Å². The Morgan fingerprint density at radius 1 is 1.71 bits per heavy atom. The molecule has 7 heavy (non-hydrogen) atoms. The zero-order valence-electron chi connectivity index (χ0n) is 3.34. The Labute approximate surface area is 39.0 Å². The van der Waals surface area contributed by atoms with E-state index in [1.165, 1.54) is 6.26 Å². The van der Waals surface area contributed by atoms with Gasteiger partial charge in [0, 0.05) is 0 Å². The number of ketones is 1. The van der Waals surface area contributed by atoms with Crippen LogP contribution in [0, 0.1) is 0 Å². The number of carbonyl (C=O) groups is 1. The first-order valence-electron chi connectivity index (χ1n) is 1.88. The first kappa shape index (κ1) is 2.96. The topological polar surface area (TPSA) is 43.1 Å². The molecule has 0 N–H and O–H groups in total. The summed E-state index contributed by atoms with van der Waals surface area (Å²) in [4.78, 5) is 13.9. The predicted molar refractivity (Wildman–Crippen MR) is 19.9 cm³/mol. The number of aromatic nitrogens is 1. The van der Waals surface area contributed by atoms with E-state index >= 15 is 0 Å². The number of oxazole rings is 1. The van der Waals surface area contributed by atoms with Gasteiger partial charge in [0.2, 0.25) is 0 Å². The van der Waals surface area contributed by atoms with Gasteiger partial charge in [0.15, 0.2) is 5.69 Å². The van der Waals surface area contributed by atoms with E-state index in [0.29, 0.717) is 5.69 Å². The molecule has 0 unspecified atom stereocenters. The van der Waals surface area contributed by atoms with Crippen LogP contribution in [0.4, 0.5) is 0 Å². The smallest absolute Gasteiger partial charge is 0.270 e. The van der Waals surface area contributed by atoms with Crippen LogP contribution in [0.1, 0.15) is 16.4 Å². The second kappa shape index (κ2) is 0.621. The predicted octanol–water partition coefficient (Wildman–Crippen LogP) is 0.219. The van der Waals surface area contributed by atoms with Gasteiger partial charge in [-0.2, -0.15) is 0 Å². The summed E-state index contributed by atoms with van der Waals surface area (Å²) in [6.07, 6.45) is 1.36. The van der Waals surface area contributed by atoms with Crippen molar-refractivity contribution in [3.05, 3.63) is 17.8 Å². The third-order valence-electron chi connectivity index (χ3n) is 0.931. The van der Waals surface area contributed by atoms with Gasteiger partial charge in [0.25, 0.3) is 11.7 Å². The molecule has 0 fully saturated rings. The molecule has 3 heteroatoms. The molecule has 1 aromatic rings. The molecular formula is C4HNO2. The number of hydrogen-bond acceptors (Lipinski definition) is 3. The molecule has 0 amide bonds. The second-order valence-corrected chi connectivity index (χ2v) is 1.37. The number of hydrogen-bond donors (Lipinski definition) is 0. The monoisotopic (exact) mass is 95.0 g/mol. The minimum absolute atomic E-state index is 0.0556. The Morgan fingerprint density at radius 3 is 2.71 bits per heavy atom. The van der Waals surface area contributed by atoms with Crippen molar-refractivity contribution >= 4 is 5.78 Å². The normalized spacial score (nSPS) is 14.0. The van der Waals surface area contributed by atoms with E-state index in [1.54, 1.807) is 0 Å². The Kier molecular flexibility index (Phi) is 0.262. The third-order valence-corrected chi connectivity index (χ3v) is 0.931. The van der Waals surface area contributed by atoms with Crippen LogP contribution < -0.4 is 0 Å². The second-order valence-electron chi connectivity index (χ2n) is 1.37. The van der Waals surface area contributed by atoms with Crippen molar-refractivity contribution in [3.63, 3.8) is 0 Å². The fourth-order valence-corrected chi connectivity index (χ4v) is 0.539. The molecular weight excluding hydrogens is 94.0 g/mol. The number of nitrogens with zero attached hydrogens (tertiary/aromatic N) is 1. The summed E-state index contributed by atoms with van der Waals surface area (Å²) in [6, 6.07) is 0. The molecule has 3 rings (SSSR count). The van der Waals surface area contributed by atoms with Crippen LogP contribution in [0.15, 0.2) is 10.7 Å².